The molecule has 3 fully saturated rings. The topological polar surface area (TPSA) is 113 Å². The van der Waals surface area contributed by atoms with Gasteiger partial charge >= 0.3 is 12.1 Å². The Bertz CT molecular complexity index is 626. The van der Waals surface area contributed by atoms with E-state index in [0.717, 1.165) is 23.2 Å². The van der Waals surface area contributed by atoms with E-state index in [4.69, 9.17) is 9.84 Å². The fourth-order valence-corrected chi connectivity index (χ4v) is 4.86. The van der Waals surface area contributed by atoms with Crippen molar-refractivity contribution in [3.8, 4) is 0 Å². The molecule has 0 bridgehead atoms. The van der Waals surface area contributed by atoms with Crippen molar-refractivity contribution >= 4 is 21.9 Å². The van der Waals surface area contributed by atoms with Crippen LogP contribution in [0.15, 0.2) is 0 Å². The fourth-order valence-electron chi connectivity index (χ4n) is 4.48. The number of hydrogen-bond acceptors (Lipinski definition) is 6. The van der Waals surface area contributed by atoms with Gasteiger partial charge in [-0.05, 0) is 38.5 Å². The molecule has 0 aromatic carbocycles. The molecule has 2 aliphatic carbocycles. The van der Waals surface area contributed by atoms with E-state index in [1.54, 1.807) is 0 Å². The number of nitrogens with one attached hydrogen (secondary N) is 1. The van der Waals surface area contributed by atoms with Crippen molar-refractivity contribution in [2.75, 3.05) is 25.2 Å². The van der Waals surface area contributed by atoms with Gasteiger partial charge in [0.15, 0.2) is 9.84 Å². The summed E-state index contributed by atoms with van der Waals surface area (Å²) in [5.74, 6) is -1.33. The van der Waals surface area contributed by atoms with Gasteiger partial charge in [0.2, 0.25) is 0 Å². The first-order chi connectivity index (χ1) is 14.3. The van der Waals surface area contributed by atoms with Gasteiger partial charge < -0.3 is 15.2 Å². The van der Waals surface area contributed by atoms with Crippen molar-refractivity contribution in [2.45, 2.75) is 95.2 Å². The van der Waals surface area contributed by atoms with Crippen molar-refractivity contribution in [3.05, 3.63) is 0 Å². The second kappa shape index (κ2) is 12.5. The molecule has 0 unspecified atom stereocenters. The van der Waals surface area contributed by atoms with Gasteiger partial charge in [0.25, 0.3) is 0 Å². The highest BCUT2D eigenvalue weighted by Gasteiger charge is 2.35. The molecule has 1 heterocycles. The van der Waals surface area contributed by atoms with Crippen LogP contribution in [-0.2, 0) is 19.4 Å². The molecule has 0 radical (unpaired) electrons. The Labute approximate surface area is 180 Å². The highest BCUT2D eigenvalue weighted by molar-refractivity contribution is 7.90. The van der Waals surface area contributed by atoms with Gasteiger partial charge in [0, 0.05) is 24.9 Å². The molecule has 3 rings (SSSR count). The van der Waals surface area contributed by atoms with Crippen LogP contribution < -0.4 is 5.32 Å². The summed E-state index contributed by atoms with van der Waals surface area (Å²) in [5.41, 5.74) is 0. The Morgan fingerprint density at radius 1 is 0.933 bits per heavy atom. The summed E-state index contributed by atoms with van der Waals surface area (Å²) in [4.78, 5) is 23.4. The number of sulfone groups is 1. The summed E-state index contributed by atoms with van der Waals surface area (Å²) < 4.78 is 26.3. The molecule has 9 heteroatoms. The Kier molecular flexibility index (Phi) is 10.4. The maximum atomic E-state index is 11.5. The standard InChI is InChI=1S/C12H23N.C9H15NO6S/c1-3-7-11(8-4-1)13-12-9-5-2-6-10-12;1-17(14,15)6-5-16-9(13)10-4-2-3-7(10)8(11)12/h11-13H,1-10H2;7H,2-6H2,1H3,(H,11,12)/t;7-/m.0/s1. The van der Waals surface area contributed by atoms with Crippen LogP contribution >= 0.6 is 0 Å². The van der Waals surface area contributed by atoms with Crippen molar-refractivity contribution in [1.82, 2.24) is 10.2 Å². The van der Waals surface area contributed by atoms with Crippen LogP contribution in [0.1, 0.15) is 77.0 Å². The Hall–Kier alpha value is -1.35. The minimum Gasteiger partial charge on any atom is -0.480 e. The number of amides is 1. The fraction of sp³-hybridized carbons (Fsp3) is 0.905. The van der Waals surface area contributed by atoms with Crippen LogP contribution in [0.2, 0.25) is 0 Å². The molecule has 30 heavy (non-hydrogen) atoms. The lowest BCUT2D eigenvalue weighted by Crippen LogP contribution is -2.41. The zero-order valence-electron chi connectivity index (χ0n) is 18.2. The Morgan fingerprint density at radius 2 is 1.47 bits per heavy atom. The molecule has 0 aromatic heterocycles. The molecular formula is C21H38N2O6S. The largest absolute Gasteiger partial charge is 0.480 e. The SMILES string of the molecule is C1CCC(NC2CCCCC2)CC1.CS(=O)(=O)CCOC(=O)N1CCC[C@H]1C(=O)O. The number of carbonyl (C=O) groups excluding carboxylic acids is 1. The van der Waals surface area contributed by atoms with Crippen molar-refractivity contribution in [2.24, 2.45) is 0 Å². The first-order valence-electron chi connectivity index (χ1n) is 11.4. The Balaban J connectivity index is 0.000000220. The van der Waals surface area contributed by atoms with E-state index < -0.39 is 27.9 Å². The van der Waals surface area contributed by atoms with Gasteiger partial charge in [0.05, 0.1) is 5.75 Å². The first-order valence-corrected chi connectivity index (χ1v) is 13.4. The molecule has 3 aliphatic rings. The predicted molar refractivity (Wildman–Crippen MR) is 115 cm³/mol. The summed E-state index contributed by atoms with van der Waals surface area (Å²) in [5, 5.41) is 12.7. The normalized spacial score (nSPS) is 23.5. The molecule has 174 valence electrons. The maximum absolute atomic E-state index is 11.5. The average molecular weight is 447 g/mol. The molecule has 1 atom stereocenters. The highest BCUT2D eigenvalue weighted by atomic mass is 32.2. The van der Waals surface area contributed by atoms with Crippen LogP contribution in [0, 0.1) is 0 Å². The van der Waals surface area contributed by atoms with Gasteiger partial charge in [-0.25, -0.2) is 18.0 Å². The zero-order chi connectivity index (χ0) is 22.0. The molecule has 0 spiro atoms. The molecule has 0 aromatic rings. The highest BCUT2D eigenvalue weighted by Crippen LogP contribution is 2.22. The molecule has 1 aliphatic heterocycles. The third kappa shape index (κ3) is 9.20. The minimum absolute atomic E-state index is 0.249. The molecular weight excluding hydrogens is 408 g/mol. The van der Waals surface area contributed by atoms with Crippen LogP contribution in [0.3, 0.4) is 0 Å². The minimum atomic E-state index is -3.19. The van der Waals surface area contributed by atoms with E-state index in [-0.39, 0.29) is 12.4 Å². The summed E-state index contributed by atoms with van der Waals surface area (Å²) in [6.07, 6.45) is 15.8. The number of hydrogen-bond donors (Lipinski definition) is 2. The third-order valence-electron chi connectivity index (χ3n) is 6.13. The van der Waals surface area contributed by atoms with E-state index in [2.05, 4.69) is 5.32 Å². The van der Waals surface area contributed by atoms with Crippen LogP contribution in [0.25, 0.3) is 0 Å². The number of ether oxygens (including phenoxy) is 1. The van der Waals surface area contributed by atoms with E-state index in [0.29, 0.717) is 19.4 Å². The molecule has 2 saturated carbocycles. The van der Waals surface area contributed by atoms with E-state index >= 15 is 0 Å². The van der Waals surface area contributed by atoms with Gasteiger partial charge in [-0.15, -0.1) is 0 Å². The lowest BCUT2D eigenvalue weighted by atomic mass is 9.91. The zero-order valence-corrected chi connectivity index (χ0v) is 19.0. The van der Waals surface area contributed by atoms with Gasteiger partial charge in [-0.2, -0.15) is 0 Å². The lowest BCUT2D eigenvalue weighted by molar-refractivity contribution is -0.141. The molecule has 1 amide bonds. The number of nitrogens with zero attached hydrogens (tertiary/aromatic N) is 1. The monoisotopic (exact) mass is 446 g/mol. The van der Waals surface area contributed by atoms with Crippen molar-refractivity contribution < 1.29 is 27.9 Å². The second-order valence-corrected chi connectivity index (χ2v) is 11.0. The Morgan fingerprint density at radius 3 is 1.93 bits per heavy atom. The number of rotatable bonds is 6. The maximum Gasteiger partial charge on any atom is 0.410 e. The quantitative estimate of drug-likeness (QED) is 0.645. The van der Waals surface area contributed by atoms with E-state index in [9.17, 15) is 18.0 Å². The average Bonchev–Trinajstić information content (AvgIpc) is 3.19. The lowest BCUT2D eigenvalue weighted by Gasteiger charge is -2.30. The van der Waals surface area contributed by atoms with Crippen molar-refractivity contribution in [3.63, 3.8) is 0 Å². The van der Waals surface area contributed by atoms with Crippen molar-refractivity contribution in [1.29, 1.82) is 0 Å². The van der Waals surface area contributed by atoms with Crippen LogP contribution in [-0.4, -0.2) is 73.8 Å². The summed E-state index contributed by atoms with van der Waals surface area (Å²) in [6, 6.07) is 0.884. The van der Waals surface area contributed by atoms with E-state index in [1.165, 1.54) is 64.2 Å². The second-order valence-electron chi connectivity index (χ2n) is 8.77. The summed E-state index contributed by atoms with van der Waals surface area (Å²) >= 11 is 0. The molecule has 8 nitrogen and oxygen atoms in total. The number of carbonyl (C=O) groups is 2. The third-order valence-corrected chi connectivity index (χ3v) is 7.04. The number of likely N-dealkylation sites (tertiary alicyclic amines) is 1. The number of carboxylic acid groups (broad SMARTS) is 1. The van der Waals surface area contributed by atoms with Gasteiger partial charge in [-0.1, -0.05) is 38.5 Å². The van der Waals surface area contributed by atoms with Gasteiger partial charge in [-0.3, -0.25) is 4.90 Å². The smallest absolute Gasteiger partial charge is 0.410 e. The first kappa shape index (κ1) is 24.9. The number of carboxylic acids is 1. The number of aliphatic carboxylic acids is 1. The summed E-state index contributed by atoms with van der Waals surface area (Å²) in [6.45, 7) is 0.0786. The van der Waals surface area contributed by atoms with E-state index in [1.807, 2.05) is 0 Å². The van der Waals surface area contributed by atoms with Crippen LogP contribution in [0.5, 0.6) is 0 Å². The van der Waals surface area contributed by atoms with Crippen LogP contribution in [0.4, 0.5) is 4.79 Å². The predicted octanol–water partition coefficient (Wildman–Crippen LogP) is 2.96. The molecule has 1 saturated heterocycles. The van der Waals surface area contributed by atoms with Gasteiger partial charge in [0.1, 0.15) is 12.6 Å². The summed E-state index contributed by atoms with van der Waals surface area (Å²) in [7, 11) is -3.19. The molecule has 2 N–H and O–H groups in total.